The van der Waals surface area contributed by atoms with Crippen molar-refractivity contribution in [3.63, 3.8) is 0 Å². The number of pyridine rings is 1. The topological polar surface area (TPSA) is 89.1 Å². The van der Waals surface area contributed by atoms with E-state index in [1.54, 1.807) is 6.20 Å². The van der Waals surface area contributed by atoms with Crippen molar-refractivity contribution >= 4 is 17.0 Å². The first-order valence-electron chi connectivity index (χ1n) is 9.39. The molecule has 0 aromatic carbocycles. The van der Waals surface area contributed by atoms with Crippen molar-refractivity contribution in [2.45, 2.75) is 31.7 Å². The second-order valence-electron chi connectivity index (χ2n) is 7.43. The number of imidazole rings is 1. The van der Waals surface area contributed by atoms with Crippen LogP contribution in [0.2, 0.25) is 0 Å². The normalized spacial score (nSPS) is 20.4. The summed E-state index contributed by atoms with van der Waals surface area (Å²) >= 11 is 0. The molecule has 8 heteroatoms. The number of nitrogens with zero attached hydrogens (tertiary/aromatic N) is 5. The van der Waals surface area contributed by atoms with Gasteiger partial charge in [-0.2, -0.15) is 0 Å². The Morgan fingerprint density at radius 1 is 1.37 bits per heavy atom. The Bertz CT molecular complexity index is 1020. The molecular weight excluding hydrogens is 344 g/mol. The second kappa shape index (κ2) is 6.16. The van der Waals surface area contributed by atoms with E-state index in [1.165, 1.54) is 0 Å². The summed E-state index contributed by atoms with van der Waals surface area (Å²) in [5.74, 6) is 1.30. The average Bonchev–Trinajstić information content (AvgIpc) is 3.36. The highest BCUT2D eigenvalue weighted by atomic mass is 16.5. The molecule has 1 saturated carbocycles. The van der Waals surface area contributed by atoms with Gasteiger partial charge >= 0.3 is 0 Å². The molecule has 0 radical (unpaired) electrons. The quantitative estimate of drug-likeness (QED) is 0.762. The Labute approximate surface area is 156 Å². The summed E-state index contributed by atoms with van der Waals surface area (Å²) in [5, 5.41) is 8.15. The second-order valence-corrected chi connectivity index (χ2v) is 7.43. The predicted octanol–water partition coefficient (Wildman–Crippen LogP) is 1.93. The van der Waals surface area contributed by atoms with Crippen molar-refractivity contribution in [3.05, 3.63) is 41.2 Å². The van der Waals surface area contributed by atoms with Crippen LogP contribution in [0.25, 0.3) is 11.1 Å². The molecule has 1 saturated heterocycles. The highest BCUT2D eigenvalue weighted by molar-refractivity contribution is 6.06. The standard InChI is InChI=1S/C19H22N6O2/c1-11-16-13(9-14(12-3-4-12)22-18(16)27-23-11)19(26)25-8-5-20-10-15(25)17-21-6-7-24(17)2/h6-7,9,12,15,20H,3-5,8,10H2,1-2H3. The number of carbonyl (C=O) groups is 1. The number of aryl methyl sites for hydroxylation is 2. The number of rotatable bonds is 3. The lowest BCUT2D eigenvalue weighted by atomic mass is 10.0. The first kappa shape index (κ1) is 16.4. The Morgan fingerprint density at radius 2 is 2.22 bits per heavy atom. The Morgan fingerprint density at radius 3 is 2.96 bits per heavy atom. The van der Waals surface area contributed by atoms with Crippen LogP contribution in [0, 0.1) is 6.92 Å². The van der Waals surface area contributed by atoms with E-state index < -0.39 is 0 Å². The molecule has 1 N–H and O–H groups in total. The molecule has 2 aliphatic rings. The lowest BCUT2D eigenvalue weighted by Crippen LogP contribution is -2.49. The third-order valence-corrected chi connectivity index (χ3v) is 5.52. The van der Waals surface area contributed by atoms with E-state index in [4.69, 9.17) is 4.52 Å². The highest BCUT2D eigenvalue weighted by Crippen LogP contribution is 2.41. The van der Waals surface area contributed by atoms with E-state index >= 15 is 0 Å². The van der Waals surface area contributed by atoms with Crippen molar-refractivity contribution in [1.82, 2.24) is 29.9 Å². The molecule has 1 aliphatic carbocycles. The third kappa shape index (κ3) is 2.71. The van der Waals surface area contributed by atoms with E-state index in [9.17, 15) is 4.79 Å². The minimum absolute atomic E-state index is 0.00917. The van der Waals surface area contributed by atoms with Crippen LogP contribution in [-0.2, 0) is 7.05 Å². The van der Waals surface area contributed by atoms with Crippen LogP contribution >= 0.6 is 0 Å². The number of aromatic nitrogens is 4. The fourth-order valence-electron chi connectivity index (χ4n) is 3.90. The fraction of sp³-hybridized carbons (Fsp3) is 0.474. The molecular formula is C19H22N6O2. The number of hydrogen-bond acceptors (Lipinski definition) is 6. The van der Waals surface area contributed by atoms with Gasteiger partial charge in [-0.1, -0.05) is 5.16 Å². The molecule has 1 atom stereocenters. The number of nitrogens with one attached hydrogen (secondary N) is 1. The van der Waals surface area contributed by atoms with E-state index in [0.29, 0.717) is 36.0 Å². The van der Waals surface area contributed by atoms with E-state index in [-0.39, 0.29) is 11.9 Å². The first-order valence-corrected chi connectivity index (χ1v) is 9.39. The summed E-state index contributed by atoms with van der Waals surface area (Å²) in [5.41, 5.74) is 2.74. The Kier molecular flexibility index (Phi) is 3.75. The van der Waals surface area contributed by atoms with Crippen molar-refractivity contribution in [2.24, 2.45) is 7.05 Å². The summed E-state index contributed by atoms with van der Waals surface area (Å²) in [7, 11) is 1.96. The van der Waals surface area contributed by atoms with Gasteiger partial charge < -0.3 is 19.3 Å². The zero-order chi connectivity index (χ0) is 18.5. The number of carbonyl (C=O) groups excluding carboxylic acids is 1. The van der Waals surface area contributed by atoms with Gasteiger partial charge in [-0.25, -0.2) is 9.97 Å². The lowest BCUT2D eigenvalue weighted by molar-refractivity contribution is 0.0622. The summed E-state index contributed by atoms with van der Waals surface area (Å²) in [4.78, 5) is 24.6. The summed E-state index contributed by atoms with van der Waals surface area (Å²) in [6.07, 6.45) is 5.91. The number of piperazine rings is 1. The molecule has 1 aliphatic heterocycles. The van der Waals surface area contributed by atoms with Crippen LogP contribution in [0.1, 0.15) is 52.4 Å². The van der Waals surface area contributed by atoms with E-state index in [1.807, 2.05) is 35.7 Å². The molecule has 0 bridgehead atoms. The zero-order valence-corrected chi connectivity index (χ0v) is 15.5. The number of fused-ring (bicyclic) bond motifs is 1. The van der Waals surface area contributed by atoms with Gasteiger partial charge in [0.05, 0.1) is 16.6 Å². The van der Waals surface area contributed by atoms with Crippen molar-refractivity contribution in [3.8, 4) is 0 Å². The highest BCUT2D eigenvalue weighted by Gasteiger charge is 2.34. The van der Waals surface area contributed by atoms with Crippen LogP contribution in [0.4, 0.5) is 0 Å². The van der Waals surface area contributed by atoms with Gasteiger partial charge in [0.25, 0.3) is 11.6 Å². The average molecular weight is 366 g/mol. The largest absolute Gasteiger partial charge is 0.336 e. The van der Waals surface area contributed by atoms with Gasteiger partial charge in [-0.3, -0.25) is 4.79 Å². The molecule has 5 rings (SSSR count). The monoisotopic (exact) mass is 366 g/mol. The van der Waals surface area contributed by atoms with Crippen LogP contribution in [0.15, 0.2) is 23.0 Å². The van der Waals surface area contributed by atoms with Crippen molar-refractivity contribution in [2.75, 3.05) is 19.6 Å². The van der Waals surface area contributed by atoms with Gasteiger partial charge in [-0.05, 0) is 25.8 Å². The molecule has 27 heavy (non-hydrogen) atoms. The van der Waals surface area contributed by atoms with Crippen LogP contribution in [0.5, 0.6) is 0 Å². The van der Waals surface area contributed by atoms with Crippen LogP contribution < -0.4 is 5.32 Å². The summed E-state index contributed by atoms with van der Waals surface area (Å²) in [6.45, 7) is 3.93. The molecule has 3 aromatic heterocycles. The van der Waals surface area contributed by atoms with Gasteiger partial charge in [0.2, 0.25) is 0 Å². The Balaban J connectivity index is 1.60. The molecule has 0 spiro atoms. The first-order chi connectivity index (χ1) is 13.1. The molecule has 140 valence electrons. The summed E-state index contributed by atoms with van der Waals surface area (Å²) < 4.78 is 7.38. The smallest absolute Gasteiger partial charge is 0.259 e. The molecule has 3 aromatic rings. The zero-order valence-electron chi connectivity index (χ0n) is 15.5. The maximum Gasteiger partial charge on any atom is 0.259 e. The van der Waals surface area contributed by atoms with Crippen LogP contribution in [0.3, 0.4) is 0 Å². The number of hydrogen-bond donors (Lipinski definition) is 1. The summed E-state index contributed by atoms with van der Waals surface area (Å²) in [6, 6.07) is 1.84. The predicted molar refractivity (Wildman–Crippen MR) is 98.4 cm³/mol. The molecule has 1 amide bonds. The van der Waals surface area contributed by atoms with Gasteiger partial charge in [0.15, 0.2) is 0 Å². The van der Waals surface area contributed by atoms with E-state index in [2.05, 4.69) is 20.4 Å². The van der Waals surface area contributed by atoms with Gasteiger partial charge in [-0.15, -0.1) is 0 Å². The molecule has 1 unspecified atom stereocenters. The SMILES string of the molecule is Cc1noc2nc(C3CC3)cc(C(=O)N3CCNCC3c3nccn3C)c12. The Hall–Kier alpha value is -2.74. The van der Waals surface area contributed by atoms with Gasteiger partial charge in [0, 0.05) is 50.7 Å². The lowest BCUT2D eigenvalue weighted by Gasteiger charge is -2.36. The van der Waals surface area contributed by atoms with E-state index in [0.717, 1.165) is 36.3 Å². The van der Waals surface area contributed by atoms with Gasteiger partial charge in [0.1, 0.15) is 11.9 Å². The molecule has 8 nitrogen and oxygen atoms in total. The van der Waals surface area contributed by atoms with Crippen molar-refractivity contribution in [1.29, 1.82) is 0 Å². The van der Waals surface area contributed by atoms with Crippen LogP contribution in [-0.4, -0.2) is 50.1 Å². The maximum absolute atomic E-state index is 13.6. The molecule has 4 heterocycles. The maximum atomic E-state index is 13.6. The third-order valence-electron chi connectivity index (χ3n) is 5.52. The minimum Gasteiger partial charge on any atom is -0.336 e. The fourth-order valence-corrected chi connectivity index (χ4v) is 3.90. The number of amides is 1. The molecule has 2 fully saturated rings. The van der Waals surface area contributed by atoms with Crippen molar-refractivity contribution < 1.29 is 9.32 Å². The minimum atomic E-state index is -0.112.